The molecule has 0 bridgehead atoms. The molecule has 0 unspecified atom stereocenters. The Kier molecular flexibility index (Phi) is 3.20. The van der Waals surface area contributed by atoms with Crippen molar-refractivity contribution in [1.82, 2.24) is 9.97 Å². The summed E-state index contributed by atoms with van der Waals surface area (Å²) in [4.78, 5) is 17.7. The van der Waals surface area contributed by atoms with Gasteiger partial charge < -0.3 is 4.98 Å². The molecule has 3 heteroatoms. The number of aromatic amines is 1. The van der Waals surface area contributed by atoms with Gasteiger partial charge >= 0.3 is 0 Å². The molecule has 0 radical (unpaired) electrons. The van der Waals surface area contributed by atoms with Crippen molar-refractivity contribution >= 4 is 0 Å². The Morgan fingerprint density at radius 3 is 2.77 bits per heavy atom. The molecular formula is C10H12N2O. The molecule has 13 heavy (non-hydrogen) atoms. The van der Waals surface area contributed by atoms with E-state index in [0.29, 0.717) is 5.82 Å². The first-order valence-corrected chi connectivity index (χ1v) is 4.06. The molecule has 0 aromatic carbocycles. The summed E-state index contributed by atoms with van der Waals surface area (Å²) < 4.78 is 0. The van der Waals surface area contributed by atoms with Crippen LogP contribution in [0.2, 0.25) is 0 Å². The van der Waals surface area contributed by atoms with Gasteiger partial charge in [0.15, 0.2) is 0 Å². The monoisotopic (exact) mass is 176 g/mol. The average molecular weight is 176 g/mol. The second-order valence-corrected chi connectivity index (χ2v) is 2.78. The molecule has 0 spiro atoms. The molecule has 0 fully saturated rings. The van der Waals surface area contributed by atoms with Crippen molar-refractivity contribution in [2.24, 2.45) is 0 Å². The summed E-state index contributed by atoms with van der Waals surface area (Å²) in [5, 5.41) is 0. The zero-order chi connectivity index (χ0) is 9.68. The van der Waals surface area contributed by atoms with Crippen LogP contribution in [0, 0.1) is 13.8 Å². The Balaban J connectivity index is 3.40. The van der Waals surface area contributed by atoms with Gasteiger partial charge in [-0.2, -0.15) is 4.98 Å². The molecular weight excluding hydrogens is 164 g/mol. The largest absolute Gasteiger partial charge is 0.350 e. The molecule has 1 rings (SSSR count). The topological polar surface area (TPSA) is 45.8 Å². The number of hydrogen-bond acceptors (Lipinski definition) is 2. The van der Waals surface area contributed by atoms with E-state index in [4.69, 9.17) is 0 Å². The van der Waals surface area contributed by atoms with E-state index >= 15 is 0 Å². The first kappa shape index (κ1) is 9.45. The highest BCUT2D eigenvalue weighted by atomic mass is 16.1. The van der Waals surface area contributed by atoms with E-state index in [1.54, 1.807) is 19.2 Å². The van der Waals surface area contributed by atoms with Crippen LogP contribution in [0.4, 0.5) is 0 Å². The van der Waals surface area contributed by atoms with E-state index in [-0.39, 0.29) is 5.56 Å². The van der Waals surface area contributed by atoms with Gasteiger partial charge in [0, 0.05) is 12.3 Å². The smallest absolute Gasteiger partial charge is 0.271 e. The molecule has 0 atom stereocenters. The van der Waals surface area contributed by atoms with E-state index in [9.17, 15) is 4.79 Å². The van der Waals surface area contributed by atoms with Crippen molar-refractivity contribution in [3.8, 4) is 0 Å². The summed E-state index contributed by atoms with van der Waals surface area (Å²) >= 11 is 0. The molecule has 1 heterocycles. The molecule has 1 N–H and O–H groups in total. The van der Waals surface area contributed by atoms with E-state index in [1.807, 2.05) is 19.1 Å². The first-order valence-electron chi connectivity index (χ1n) is 4.06. The van der Waals surface area contributed by atoms with Crippen molar-refractivity contribution in [2.75, 3.05) is 0 Å². The average Bonchev–Trinajstić information content (AvgIpc) is 2.08. The molecule has 0 saturated carbocycles. The molecule has 0 aliphatic carbocycles. The van der Waals surface area contributed by atoms with Crippen molar-refractivity contribution in [3.63, 3.8) is 0 Å². The Labute approximate surface area is 76.8 Å². The third-order valence-corrected chi connectivity index (χ3v) is 1.51. The van der Waals surface area contributed by atoms with E-state index in [1.165, 1.54) is 6.07 Å². The third kappa shape index (κ3) is 3.51. The minimum absolute atomic E-state index is 0.243. The molecule has 0 aliphatic heterocycles. The second kappa shape index (κ2) is 4.40. The first-order chi connectivity index (χ1) is 6.18. The van der Waals surface area contributed by atoms with Crippen LogP contribution in [0.15, 0.2) is 35.3 Å². The standard InChI is InChI=1S/C10H12N2O/c1-8-4-3-7-11-9(2)12-10(13)6-5-8/h3-7H,1-2H3,(H,11,12,13). The van der Waals surface area contributed by atoms with Crippen LogP contribution >= 0.6 is 0 Å². The molecule has 0 amide bonds. The summed E-state index contributed by atoms with van der Waals surface area (Å²) in [6.07, 6.45) is 1.74. The fraction of sp³-hybridized carbons (Fsp3) is 0.200. The highest BCUT2D eigenvalue weighted by molar-refractivity contribution is 5.06. The number of H-pyrrole nitrogens is 1. The maximum Gasteiger partial charge on any atom is 0.271 e. The highest BCUT2D eigenvalue weighted by Crippen LogP contribution is 1.87. The zero-order valence-electron chi connectivity index (χ0n) is 7.74. The fourth-order valence-electron chi connectivity index (χ4n) is 0.862. The van der Waals surface area contributed by atoms with Crippen LogP contribution in [0.1, 0.15) is 11.4 Å². The minimum atomic E-state index is -0.243. The van der Waals surface area contributed by atoms with Gasteiger partial charge in [0.1, 0.15) is 5.82 Å². The Hall–Kier alpha value is -1.64. The Bertz CT molecular complexity index is 394. The number of aryl methyl sites for hydroxylation is 2. The number of nitrogens with zero attached hydrogens (tertiary/aromatic N) is 1. The number of aromatic nitrogens is 2. The van der Waals surface area contributed by atoms with Crippen molar-refractivity contribution < 1.29 is 0 Å². The van der Waals surface area contributed by atoms with Crippen LogP contribution in [0.25, 0.3) is 0 Å². The van der Waals surface area contributed by atoms with Crippen molar-refractivity contribution in [2.45, 2.75) is 13.8 Å². The van der Waals surface area contributed by atoms with Gasteiger partial charge in [-0.05, 0) is 19.9 Å². The zero-order valence-corrected chi connectivity index (χ0v) is 7.74. The lowest BCUT2D eigenvalue weighted by atomic mass is 10.3. The van der Waals surface area contributed by atoms with E-state index in [2.05, 4.69) is 9.97 Å². The van der Waals surface area contributed by atoms with Crippen LogP contribution in [0.3, 0.4) is 0 Å². The molecule has 1 aromatic heterocycles. The maximum absolute atomic E-state index is 11.1. The second-order valence-electron chi connectivity index (χ2n) is 2.78. The lowest BCUT2D eigenvalue weighted by Gasteiger charge is -1.84. The maximum atomic E-state index is 11.1. The lowest BCUT2D eigenvalue weighted by Crippen LogP contribution is -2.02. The quantitative estimate of drug-likeness (QED) is 0.651. The van der Waals surface area contributed by atoms with Gasteiger partial charge in [0.2, 0.25) is 0 Å². The van der Waals surface area contributed by atoms with E-state index < -0.39 is 0 Å². The summed E-state index contributed by atoms with van der Waals surface area (Å²) in [7, 11) is 0. The van der Waals surface area contributed by atoms with Crippen LogP contribution in [-0.2, 0) is 0 Å². The van der Waals surface area contributed by atoms with Gasteiger partial charge in [0.05, 0.1) is 0 Å². The summed E-state index contributed by atoms with van der Waals surface area (Å²) in [6.45, 7) is 3.67. The van der Waals surface area contributed by atoms with Crippen molar-refractivity contribution in [1.29, 1.82) is 0 Å². The summed E-state index contributed by atoms with van der Waals surface area (Å²) in [5.74, 6) is 0.596. The predicted molar refractivity (Wildman–Crippen MR) is 52.0 cm³/mol. The fourth-order valence-corrected chi connectivity index (χ4v) is 0.862. The number of rotatable bonds is 0. The highest BCUT2D eigenvalue weighted by Gasteiger charge is 1.80. The molecule has 0 saturated heterocycles. The molecule has 3 nitrogen and oxygen atoms in total. The Morgan fingerprint density at radius 1 is 1.23 bits per heavy atom. The van der Waals surface area contributed by atoms with Gasteiger partial charge in [-0.15, -0.1) is 0 Å². The number of nitrogens with one attached hydrogen (secondary N) is 1. The normalized spacial score (nSPS) is 9.08. The predicted octanol–water partition coefficient (Wildman–Crippen LogP) is 1.51. The van der Waals surface area contributed by atoms with Crippen molar-refractivity contribution in [3.05, 3.63) is 52.2 Å². The molecule has 1 aromatic rings. The van der Waals surface area contributed by atoms with Gasteiger partial charge in [-0.25, -0.2) is 0 Å². The van der Waals surface area contributed by atoms with E-state index in [0.717, 1.165) is 5.56 Å². The number of hydrogen-bond donors (Lipinski definition) is 1. The molecule has 0 aliphatic rings. The van der Waals surface area contributed by atoms with Crippen LogP contribution in [-0.4, -0.2) is 9.97 Å². The van der Waals surface area contributed by atoms with Crippen LogP contribution in [0.5, 0.6) is 0 Å². The van der Waals surface area contributed by atoms with Crippen LogP contribution < -0.4 is 5.56 Å². The summed E-state index contributed by atoms with van der Waals surface area (Å²) in [5.41, 5.74) is 0.772. The third-order valence-electron chi connectivity index (χ3n) is 1.51. The SMILES string of the molecule is Cc1ccc[nH]c(C)nc(=O)cc1. The van der Waals surface area contributed by atoms with Gasteiger partial charge in [-0.1, -0.05) is 17.7 Å². The Morgan fingerprint density at radius 2 is 2.00 bits per heavy atom. The lowest BCUT2D eigenvalue weighted by molar-refractivity contribution is 1.05. The van der Waals surface area contributed by atoms with Gasteiger partial charge in [0.25, 0.3) is 5.56 Å². The van der Waals surface area contributed by atoms with Gasteiger partial charge in [-0.3, -0.25) is 4.79 Å². The minimum Gasteiger partial charge on any atom is -0.350 e. The summed E-state index contributed by atoms with van der Waals surface area (Å²) in [6, 6.07) is 6.98. The molecule has 68 valence electrons.